The van der Waals surface area contributed by atoms with Gasteiger partial charge in [-0.1, -0.05) is 6.42 Å². The zero-order valence-corrected chi connectivity index (χ0v) is 18.9. The molecular weight excluding hydrogens is 436 g/mol. The lowest BCUT2D eigenvalue weighted by atomic mass is 10.1. The van der Waals surface area contributed by atoms with Gasteiger partial charge in [0.25, 0.3) is 0 Å². The predicted octanol–water partition coefficient (Wildman–Crippen LogP) is -2.87. The lowest BCUT2D eigenvalue weighted by molar-refractivity contribution is -0.146. The van der Waals surface area contributed by atoms with E-state index in [-0.39, 0.29) is 25.8 Å². The van der Waals surface area contributed by atoms with Crippen molar-refractivity contribution < 1.29 is 34.2 Å². The van der Waals surface area contributed by atoms with Crippen molar-refractivity contribution in [1.82, 2.24) is 15.5 Å². The van der Waals surface area contributed by atoms with Gasteiger partial charge >= 0.3 is 5.97 Å². The number of carbonyl (C=O) groups is 5. The van der Waals surface area contributed by atoms with E-state index in [1.165, 1.54) is 11.8 Å². The Morgan fingerprint density at radius 3 is 2.33 bits per heavy atom. The number of nitrogens with one attached hydrogen (secondary N) is 2. The highest BCUT2D eigenvalue weighted by atomic mass is 16.4. The second-order valence-electron chi connectivity index (χ2n) is 8.21. The SMILES string of the molecule is CC(O)C(NC(=O)C(N)CCCCN)C(=O)N1CCCC1C(=O)NC(CCC(N)=O)C(=O)O. The molecule has 1 rings (SSSR count). The van der Waals surface area contributed by atoms with Gasteiger partial charge in [0.05, 0.1) is 12.1 Å². The molecule has 0 spiro atoms. The molecule has 13 nitrogen and oxygen atoms in total. The molecule has 0 aromatic rings. The molecule has 1 aliphatic heterocycles. The molecule has 0 bridgehead atoms. The van der Waals surface area contributed by atoms with Gasteiger partial charge in [0.1, 0.15) is 18.1 Å². The molecular formula is C20H36N6O7. The summed E-state index contributed by atoms with van der Waals surface area (Å²) in [6, 6.07) is -4.54. The lowest BCUT2D eigenvalue weighted by Crippen LogP contribution is -2.59. The predicted molar refractivity (Wildman–Crippen MR) is 117 cm³/mol. The number of aliphatic carboxylic acids is 1. The summed E-state index contributed by atoms with van der Waals surface area (Å²) in [6.45, 7) is 1.99. The van der Waals surface area contributed by atoms with Crippen LogP contribution in [0.4, 0.5) is 0 Å². The fourth-order valence-electron chi connectivity index (χ4n) is 3.58. The van der Waals surface area contributed by atoms with Crippen molar-refractivity contribution >= 4 is 29.6 Å². The molecule has 5 unspecified atom stereocenters. The number of nitrogens with zero attached hydrogens (tertiary/aromatic N) is 1. The van der Waals surface area contributed by atoms with Crippen LogP contribution in [0, 0.1) is 0 Å². The van der Waals surface area contributed by atoms with Crippen molar-refractivity contribution in [3.05, 3.63) is 0 Å². The number of nitrogens with two attached hydrogens (primary N) is 3. The van der Waals surface area contributed by atoms with Crippen LogP contribution in [0.1, 0.15) is 51.9 Å². The Morgan fingerprint density at radius 1 is 1.12 bits per heavy atom. The quantitative estimate of drug-likeness (QED) is 0.129. The van der Waals surface area contributed by atoms with Crippen molar-refractivity contribution in [2.75, 3.05) is 13.1 Å². The Bertz CT molecular complexity index is 717. The normalized spacial score (nSPS) is 19.3. The second kappa shape index (κ2) is 13.7. The fraction of sp³-hybridized carbons (Fsp3) is 0.750. The molecule has 10 N–H and O–H groups in total. The highest BCUT2D eigenvalue weighted by Gasteiger charge is 2.40. The van der Waals surface area contributed by atoms with Crippen LogP contribution < -0.4 is 27.8 Å². The first-order valence-corrected chi connectivity index (χ1v) is 11.1. The number of hydrogen-bond acceptors (Lipinski definition) is 8. The van der Waals surface area contributed by atoms with Gasteiger partial charge in [0.2, 0.25) is 23.6 Å². The van der Waals surface area contributed by atoms with E-state index < -0.39 is 59.9 Å². The van der Waals surface area contributed by atoms with Gasteiger partial charge in [0, 0.05) is 13.0 Å². The molecule has 1 aliphatic rings. The minimum atomic E-state index is -1.35. The maximum absolute atomic E-state index is 13.1. The minimum absolute atomic E-state index is 0.189. The van der Waals surface area contributed by atoms with Crippen molar-refractivity contribution in [3.8, 4) is 0 Å². The molecule has 1 heterocycles. The van der Waals surface area contributed by atoms with Crippen LogP contribution in [0.5, 0.6) is 0 Å². The molecule has 188 valence electrons. The number of aliphatic hydroxyl groups is 1. The first kappa shape index (κ1) is 28.3. The maximum Gasteiger partial charge on any atom is 0.326 e. The average Bonchev–Trinajstić information content (AvgIpc) is 3.23. The number of primary amides is 1. The molecule has 4 amide bonds. The van der Waals surface area contributed by atoms with Crippen LogP contribution in [0.25, 0.3) is 0 Å². The van der Waals surface area contributed by atoms with Crippen molar-refractivity contribution in [3.63, 3.8) is 0 Å². The van der Waals surface area contributed by atoms with E-state index in [0.29, 0.717) is 32.2 Å². The van der Waals surface area contributed by atoms with E-state index in [9.17, 15) is 34.2 Å². The largest absolute Gasteiger partial charge is 0.480 e. The Kier molecular flexibility index (Phi) is 11.7. The van der Waals surface area contributed by atoms with E-state index >= 15 is 0 Å². The molecule has 0 aromatic carbocycles. The number of unbranched alkanes of at least 4 members (excludes halogenated alkanes) is 1. The molecule has 1 fully saturated rings. The van der Waals surface area contributed by atoms with Gasteiger partial charge < -0.3 is 42.9 Å². The highest BCUT2D eigenvalue weighted by molar-refractivity contribution is 5.94. The summed E-state index contributed by atoms with van der Waals surface area (Å²) >= 11 is 0. The molecule has 0 radical (unpaired) electrons. The fourth-order valence-corrected chi connectivity index (χ4v) is 3.58. The van der Waals surface area contributed by atoms with Gasteiger partial charge in [-0.2, -0.15) is 0 Å². The number of likely N-dealkylation sites (tertiary alicyclic amines) is 1. The summed E-state index contributed by atoms with van der Waals surface area (Å²) in [4.78, 5) is 61.8. The van der Waals surface area contributed by atoms with Crippen molar-refractivity contribution in [2.45, 2.75) is 82.1 Å². The number of aliphatic hydroxyl groups excluding tert-OH is 1. The van der Waals surface area contributed by atoms with E-state index in [1.54, 1.807) is 0 Å². The third-order valence-corrected chi connectivity index (χ3v) is 5.48. The van der Waals surface area contributed by atoms with Gasteiger partial charge in [-0.15, -0.1) is 0 Å². The number of rotatable bonds is 14. The Hall–Kier alpha value is -2.77. The van der Waals surface area contributed by atoms with Gasteiger partial charge in [-0.05, 0) is 45.6 Å². The lowest BCUT2D eigenvalue weighted by Gasteiger charge is -2.31. The number of hydrogen-bond donors (Lipinski definition) is 7. The third-order valence-electron chi connectivity index (χ3n) is 5.48. The summed E-state index contributed by atoms with van der Waals surface area (Å²) < 4.78 is 0. The molecule has 5 atom stereocenters. The summed E-state index contributed by atoms with van der Waals surface area (Å²) in [6.07, 6.45) is 0.761. The van der Waals surface area contributed by atoms with E-state index in [1.807, 2.05) is 0 Å². The van der Waals surface area contributed by atoms with Gasteiger partial charge in [0.15, 0.2) is 0 Å². The Labute approximate surface area is 192 Å². The minimum Gasteiger partial charge on any atom is -0.480 e. The smallest absolute Gasteiger partial charge is 0.326 e. The van der Waals surface area contributed by atoms with E-state index in [0.717, 1.165) is 0 Å². The molecule has 0 saturated carbocycles. The molecule has 0 aliphatic carbocycles. The van der Waals surface area contributed by atoms with Crippen molar-refractivity contribution in [2.24, 2.45) is 17.2 Å². The summed E-state index contributed by atoms with van der Waals surface area (Å²) in [5.41, 5.74) is 16.3. The molecule has 0 aromatic heterocycles. The number of amides is 4. The zero-order chi connectivity index (χ0) is 25.1. The third kappa shape index (κ3) is 8.94. The summed E-state index contributed by atoms with van der Waals surface area (Å²) in [5, 5.41) is 24.2. The second-order valence-corrected chi connectivity index (χ2v) is 8.21. The van der Waals surface area contributed by atoms with E-state index in [2.05, 4.69) is 10.6 Å². The number of carboxylic acid groups (broad SMARTS) is 1. The first-order valence-electron chi connectivity index (χ1n) is 11.1. The van der Waals surface area contributed by atoms with Crippen LogP contribution in [-0.2, 0) is 24.0 Å². The Morgan fingerprint density at radius 2 is 1.79 bits per heavy atom. The number of carboxylic acids is 1. The van der Waals surface area contributed by atoms with Crippen LogP contribution in [0.3, 0.4) is 0 Å². The monoisotopic (exact) mass is 472 g/mol. The van der Waals surface area contributed by atoms with Gasteiger partial charge in [-0.25, -0.2) is 4.79 Å². The Balaban J connectivity index is 2.85. The van der Waals surface area contributed by atoms with Gasteiger partial charge in [-0.3, -0.25) is 19.2 Å². The summed E-state index contributed by atoms with van der Waals surface area (Å²) in [7, 11) is 0. The van der Waals surface area contributed by atoms with E-state index in [4.69, 9.17) is 17.2 Å². The molecule has 33 heavy (non-hydrogen) atoms. The first-order chi connectivity index (χ1) is 15.5. The van der Waals surface area contributed by atoms with Crippen molar-refractivity contribution in [1.29, 1.82) is 0 Å². The van der Waals surface area contributed by atoms with Crippen LogP contribution in [-0.4, -0.2) is 88.1 Å². The van der Waals surface area contributed by atoms with Crippen LogP contribution in [0.15, 0.2) is 0 Å². The highest BCUT2D eigenvalue weighted by Crippen LogP contribution is 2.20. The molecule has 1 saturated heterocycles. The molecule has 13 heteroatoms. The van der Waals surface area contributed by atoms with Crippen LogP contribution in [0.2, 0.25) is 0 Å². The standard InChI is InChI=1S/C20H36N6O7/c1-11(27)16(25-17(29)12(22)5-2-3-9-21)19(31)26-10-4-6-14(26)18(30)24-13(20(32)33)7-8-15(23)28/h11-14,16,27H,2-10,21-22H2,1H3,(H2,23,28)(H,24,30)(H,25,29)(H,32,33). The maximum atomic E-state index is 13.1. The zero-order valence-electron chi connectivity index (χ0n) is 18.9. The topological polar surface area (TPSA) is 231 Å². The van der Waals surface area contributed by atoms with Crippen LogP contribution >= 0.6 is 0 Å². The number of carbonyl (C=O) groups excluding carboxylic acids is 4. The summed E-state index contributed by atoms with van der Waals surface area (Å²) in [5.74, 6) is -4.02. The average molecular weight is 473 g/mol.